The summed E-state index contributed by atoms with van der Waals surface area (Å²) < 4.78 is 41.4. The summed E-state index contributed by atoms with van der Waals surface area (Å²) in [6.07, 6.45) is 4.97. The van der Waals surface area contributed by atoms with Crippen molar-refractivity contribution < 1.29 is 65.9 Å². The number of likely N-dealkylation sites (N-methyl/N-ethyl adjacent to an activating group) is 7. The standard InChI is InChI=1S/C63H95ClF3N11O11S/c1-11-39(2)53-59(87)74(7)35-51(81)72(5)36-52(82)75(8)47(33-40-20-13-12-14-21-40)58(86)73(6)34-49(79)68-45(28-26-41-25-27-43(44(64)32-41)63(65,66)67)56(84)78-31-19-24-46(78)55(83)70-62(29-17-18-30-62)61(89)77(10)54(42-22-15-16-23-42)60(88)76(9)48(57(85)71(3)4)37-90-38-50(80)69-53/h25,27,32,39-40,42,45-48,53-54H,11-24,26,28-31,33-38H2,1-10H3,(H,68,79)(H,69,80)(H,70,83)/t39-,45-,46-,47-,48-,53-,54?/m0/s1. The summed E-state index contributed by atoms with van der Waals surface area (Å²) in [7, 11) is 11.7. The minimum absolute atomic E-state index is 0.0425. The van der Waals surface area contributed by atoms with E-state index in [9.17, 15) is 51.5 Å². The first-order valence-corrected chi connectivity index (χ1v) is 33.3. The Morgan fingerprint density at radius 2 is 1.34 bits per heavy atom. The highest BCUT2D eigenvalue weighted by molar-refractivity contribution is 8.00. The molecule has 0 radical (unpaired) electrons. The molecule has 22 nitrogen and oxygen atoms in total. The Bertz CT molecular complexity index is 2780. The van der Waals surface area contributed by atoms with E-state index in [0.717, 1.165) is 78.6 Å². The van der Waals surface area contributed by atoms with Gasteiger partial charge in [0.05, 0.1) is 36.0 Å². The van der Waals surface area contributed by atoms with Gasteiger partial charge in [-0.15, -0.1) is 11.8 Å². The Labute approximate surface area is 537 Å². The molecular formula is C63H95ClF3N11O11S. The highest BCUT2D eigenvalue weighted by Gasteiger charge is 2.51. The summed E-state index contributed by atoms with van der Waals surface area (Å²) in [5.41, 5.74) is -2.25. The Kier molecular flexibility index (Phi) is 26.2. The molecule has 6 rings (SSSR count). The third-order valence-corrected chi connectivity index (χ3v) is 20.5. The second-order valence-corrected chi connectivity index (χ2v) is 27.3. The van der Waals surface area contributed by atoms with Crippen LogP contribution in [0, 0.1) is 17.8 Å². The van der Waals surface area contributed by atoms with Gasteiger partial charge in [-0.25, -0.2) is 0 Å². The predicted octanol–water partition coefficient (Wildman–Crippen LogP) is 4.58. The third-order valence-electron chi connectivity index (χ3n) is 19.2. The smallest absolute Gasteiger partial charge is 0.347 e. The lowest BCUT2D eigenvalue weighted by Gasteiger charge is -2.41. The minimum Gasteiger partial charge on any atom is -0.347 e. The second kappa shape index (κ2) is 32.4. The van der Waals surface area contributed by atoms with E-state index >= 15 is 14.4 Å². The maximum absolute atomic E-state index is 15.4. The molecule has 1 spiro atoms. The van der Waals surface area contributed by atoms with Gasteiger partial charge in [0.1, 0.15) is 41.8 Å². The van der Waals surface area contributed by atoms with Crippen LogP contribution in [0.15, 0.2) is 18.2 Å². The van der Waals surface area contributed by atoms with Gasteiger partial charge in [-0.2, -0.15) is 13.2 Å². The number of thioether (sulfide) groups is 1. The maximum Gasteiger partial charge on any atom is 0.417 e. The highest BCUT2D eigenvalue weighted by atomic mass is 35.5. The van der Waals surface area contributed by atoms with Gasteiger partial charge >= 0.3 is 6.18 Å². The molecule has 0 bridgehead atoms. The molecule has 0 aromatic heterocycles. The summed E-state index contributed by atoms with van der Waals surface area (Å²) in [5.74, 6) is -7.47. The summed E-state index contributed by atoms with van der Waals surface area (Å²) >= 11 is 7.20. The van der Waals surface area contributed by atoms with E-state index in [1.54, 1.807) is 21.0 Å². The number of nitrogens with one attached hydrogen (secondary N) is 3. The van der Waals surface area contributed by atoms with E-state index < -0.39 is 149 Å². The quantitative estimate of drug-likeness (QED) is 0.308. The van der Waals surface area contributed by atoms with Gasteiger partial charge < -0.3 is 55.1 Å². The first-order valence-electron chi connectivity index (χ1n) is 31.8. The van der Waals surface area contributed by atoms with Crippen LogP contribution >= 0.6 is 23.4 Å². The van der Waals surface area contributed by atoms with Crippen LogP contribution in [-0.2, 0) is 65.3 Å². The van der Waals surface area contributed by atoms with Gasteiger partial charge in [-0.1, -0.05) is 95.7 Å². The summed E-state index contributed by atoms with van der Waals surface area (Å²) in [6.45, 7) is 2.11. The number of carbonyl (C=O) groups excluding carboxylic acids is 11. The van der Waals surface area contributed by atoms with Crippen molar-refractivity contribution in [2.24, 2.45) is 17.8 Å². The van der Waals surface area contributed by atoms with E-state index in [1.165, 1.54) is 77.8 Å². The lowest BCUT2D eigenvalue weighted by molar-refractivity contribution is -0.154. The van der Waals surface area contributed by atoms with Crippen LogP contribution in [0.25, 0.3) is 0 Å². The molecule has 1 aromatic carbocycles. The van der Waals surface area contributed by atoms with Gasteiger partial charge in [-0.05, 0) is 93.2 Å². The average molecular weight is 1310 g/mol. The van der Waals surface area contributed by atoms with Crippen molar-refractivity contribution in [2.45, 2.75) is 184 Å². The van der Waals surface area contributed by atoms with Crippen molar-refractivity contribution in [3.8, 4) is 0 Å². The molecule has 3 aliphatic carbocycles. The zero-order valence-corrected chi connectivity index (χ0v) is 55.7. The zero-order chi connectivity index (χ0) is 66.5. The summed E-state index contributed by atoms with van der Waals surface area (Å²) in [5, 5.41) is 8.07. The molecule has 1 unspecified atom stereocenters. The van der Waals surface area contributed by atoms with Gasteiger partial charge in [0.15, 0.2) is 0 Å². The fourth-order valence-corrected chi connectivity index (χ4v) is 14.7. The highest BCUT2D eigenvalue weighted by Crippen LogP contribution is 2.38. The molecule has 2 aliphatic heterocycles. The minimum atomic E-state index is -4.74. The number of rotatable bonds is 9. The molecule has 1 aromatic rings. The van der Waals surface area contributed by atoms with Crippen LogP contribution in [0.4, 0.5) is 13.2 Å². The Morgan fingerprint density at radius 3 is 1.96 bits per heavy atom. The molecule has 90 heavy (non-hydrogen) atoms. The number of fused-ring (bicyclic) bond motifs is 1. The SMILES string of the molecule is CC[C@H](C)[C@@H]1NC(=O)CSC[C@@H](C(=O)N(C)C)N(C)C(=O)C(C2CCCC2)N(C)C(=O)C2(CCCC2)NC(=O)[C@@H]2CCCN2C(=O)[C@H](CCc2ccc(C(F)(F)F)c(Cl)c2)NC(=O)CN(C)C(=O)[C@H](CC2CCCCC2)N(C)C(=O)CN(C)C(=O)CN(C)C1=O. The predicted molar refractivity (Wildman–Crippen MR) is 334 cm³/mol. The summed E-state index contributed by atoms with van der Waals surface area (Å²) in [6, 6.07) is -3.72. The van der Waals surface area contributed by atoms with Gasteiger partial charge in [0.2, 0.25) is 65.0 Å². The fraction of sp³-hybridized carbons (Fsp3) is 0.730. The first kappa shape index (κ1) is 72.9. The molecule has 3 saturated carbocycles. The van der Waals surface area contributed by atoms with E-state index in [0.29, 0.717) is 44.1 Å². The molecule has 3 N–H and O–H groups in total. The topological polar surface area (TPSA) is 250 Å². The van der Waals surface area contributed by atoms with Crippen LogP contribution < -0.4 is 16.0 Å². The molecule has 5 fully saturated rings. The number of aryl methyl sites for hydroxylation is 1. The van der Waals surface area contributed by atoms with Crippen molar-refractivity contribution in [1.29, 1.82) is 0 Å². The van der Waals surface area contributed by atoms with E-state index in [2.05, 4.69) is 16.0 Å². The van der Waals surface area contributed by atoms with Gasteiger partial charge in [0.25, 0.3) is 0 Å². The van der Waals surface area contributed by atoms with Crippen LogP contribution in [0.3, 0.4) is 0 Å². The number of nitrogens with zero attached hydrogens (tertiary/aromatic N) is 8. The van der Waals surface area contributed by atoms with E-state index in [4.69, 9.17) is 11.6 Å². The van der Waals surface area contributed by atoms with Crippen LogP contribution in [0.1, 0.15) is 141 Å². The second-order valence-electron chi connectivity index (χ2n) is 25.9. The van der Waals surface area contributed by atoms with Crippen LogP contribution in [-0.4, -0.2) is 240 Å². The molecule has 7 atom stereocenters. The molecule has 2 heterocycles. The molecule has 5 aliphatic rings. The van der Waals surface area contributed by atoms with E-state index in [1.807, 2.05) is 6.92 Å². The van der Waals surface area contributed by atoms with Gasteiger partial charge in [-0.3, -0.25) is 52.7 Å². The third kappa shape index (κ3) is 18.3. The Balaban J connectivity index is 1.37. The number of carbonyl (C=O) groups is 11. The number of alkyl halides is 3. The Hall–Kier alpha value is -6.18. The molecule has 11 amide bonds. The lowest BCUT2D eigenvalue weighted by atomic mass is 9.84. The number of halogens is 4. The number of hydrogen-bond donors (Lipinski definition) is 3. The number of hydrogen-bond acceptors (Lipinski definition) is 12. The largest absolute Gasteiger partial charge is 0.417 e. The van der Waals surface area contributed by atoms with E-state index in [-0.39, 0.29) is 68.4 Å². The van der Waals surface area contributed by atoms with Crippen LogP contribution in [0.2, 0.25) is 5.02 Å². The molecule has 27 heteroatoms. The van der Waals surface area contributed by atoms with Crippen molar-refractivity contribution >= 4 is 88.3 Å². The molecule has 502 valence electrons. The van der Waals surface area contributed by atoms with Crippen molar-refractivity contribution in [3.63, 3.8) is 0 Å². The first-order chi connectivity index (χ1) is 42.4. The summed E-state index contributed by atoms with van der Waals surface area (Å²) in [4.78, 5) is 170. The molecule has 2 saturated heterocycles. The number of amides is 11. The maximum atomic E-state index is 15.4. The monoisotopic (exact) mass is 1310 g/mol. The van der Waals surface area contributed by atoms with Gasteiger partial charge in [0, 0.05) is 68.7 Å². The van der Waals surface area contributed by atoms with Crippen LogP contribution in [0.5, 0.6) is 0 Å². The zero-order valence-electron chi connectivity index (χ0n) is 54.1. The normalized spacial score (nSPS) is 26.3. The average Bonchev–Trinajstić information content (AvgIpc) is 1.51. The van der Waals surface area contributed by atoms with Crippen molar-refractivity contribution in [3.05, 3.63) is 34.3 Å². The van der Waals surface area contributed by atoms with Crippen molar-refractivity contribution in [2.75, 3.05) is 94.1 Å². The van der Waals surface area contributed by atoms with Crippen molar-refractivity contribution in [1.82, 2.24) is 55.1 Å². The fourth-order valence-electron chi connectivity index (χ4n) is 13.5. The Morgan fingerprint density at radius 1 is 0.722 bits per heavy atom. The molecular weight excluding hydrogens is 1210 g/mol. The lowest BCUT2D eigenvalue weighted by Crippen LogP contribution is -2.65. The number of benzene rings is 1.